The Labute approximate surface area is 169 Å². The van der Waals surface area contributed by atoms with Crippen LogP contribution >= 0.6 is 21.0 Å². The highest BCUT2D eigenvalue weighted by Crippen LogP contribution is 2.21. The Bertz CT molecular complexity index is 470. The van der Waals surface area contributed by atoms with Crippen LogP contribution < -0.4 is 10.6 Å². The predicted octanol–water partition coefficient (Wildman–Crippen LogP) is 3.86. The van der Waals surface area contributed by atoms with Gasteiger partial charge in [-0.05, 0) is 57.4 Å². The van der Waals surface area contributed by atoms with E-state index in [0.29, 0.717) is 12.1 Å². The zero-order valence-electron chi connectivity index (χ0n) is 18.3. The minimum atomic E-state index is -1.04. The Morgan fingerprint density at radius 2 is 1.77 bits per heavy atom. The van der Waals surface area contributed by atoms with Gasteiger partial charge in [0.05, 0.1) is 0 Å². The zero-order valence-corrected chi connectivity index (χ0v) is 19.9. The van der Waals surface area contributed by atoms with Gasteiger partial charge < -0.3 is 15.5 Å². The first-order valence-electron chi connectivity index (χ1n) is 9.91. The molecule has 0 aromatic heterocycles. The average molecular weight is 404 g/mol. The monoisotopic (exact) mass is 403 g/mol. The highest BCUT2D eigenvalue weighted by molar-refractivity contribution is 8.27. The lowest BCUT2D eigenvalue weighted by molar-refractivity contribution is 0.291. The molecule has 0 radical (unpaired) electrons. The molecule has 0 saturated heterocycles. The summed E-state index contributed by atoms with van der Waals surface area (Å²) in [5.74, 6) is 14.2. The fourth-order valence-corrected chi connectivity index (χ4v) is 4.78. The maximum absolute atomic E-state index is 4.40. The van der Waals surface area contributed by atoms with Crippen molar-refractivity contribution in [1.82, 2.24) is 15.5 Å². The molecule has 0 aromatic rings. The molecule has 0 rings (SSSR count). The van der Waals surface area contributed by atoms with Gasteiger partial charge in [-0.1, -0.05) is 32.2 Å². The van der Waals surface area contributed by atoms with Gasteiger partial charge in [0.15, 0.2) is 0 Å². The van der Waals surface area contributed by atoms with E-state index in [-0.39, 0.29) is 0 Å². The number of allylic oxidation sites excluding steroid dienone is 1. The van der Waals surface area contributed by atoms with Gasteiger partial charge in [0.25, 0.3) is 0 Å². The Morgan fingerprint density at radius 1 is 1.12 bits per heavy atom. The molecule has 1 unspecified atom stereocenters. The quantitative estimate of drug-likeness (QED) is 0.302. The third-order valence-corrected chi connectivity index (χ3v) is 7.88. The highest BCUT2D eigenvalue weighted by Gasteiger charge is 2.07. The minimum Gasteiger partial charge on any atom is -0.385 e. The van der Waals surface area contributed by atoms with Crippen molar-refractivity contribution in [1.29, 1.82) is 0 Å². The molecule has 2 N–H and O–H groups in total. The SMILES string of the molecule is C=C(CCS(=C)(=C)CCN(C)C(C)C)NC(C)CNCCSCC(C)C. The summed E-state index contributed by atoms with van der Waals surface area (Å²) in [5, 5.41) is 7.06. The Morgan fingerprint density at radius 3 is 2.35 bits per heavy atom. The van der Waals surface area contributed by atoms with Crippen molar-refractivity contribution < 1.29 is 0 Å². The number of hydrogen-bond acceptors (Lipinski definition) is 4. The summed E-state index contributed by atoms with van der Waals surface area (Å²) in [7, 11) is 1.14. The van der Waals surface area contributed by atoms with Crippen LogP contribution in [0.25, 0.3) is 0 Å². The Kier molecular flexibility index (Phi) is 13.9. The molecule has 26 heavy (non-hydrogen) atoms. The van der Waals surface area contributed by atoms with Gasteiger partial charge in [-0.3, -0.25) is 0 Å². The maximum atomic E-state index is 4.40. The number of thioether (sulfide) groups is 1. The normalized spacial score (nSPS) is 13.6. The lowest BCUT2D eigenvalue weighted by Gasteiger charge is -2.24. The van der Waals surface area contributed by atoms with Gasteiger partial charge in [-0.15, -0.1) is 0 Å². The van der Waals surface area contributed by atoms with Gasteiger partial charge in [-0.2, -0.15) is 11.8 Å². The molecule has 0 aliphatic rings. The van der Waals surface area contributed by atoms with E-state index in [0.717, 1.165) is 49.2 Å². The van der Waals surface area contributed by atoms with Crippen LogP contribution in [0, 0.1) is 5.92 Å². The first kappa shape index (κ1) is 25.9. The molecular weight excluding hydrogens is 358 g/mol. The van der Waals surface area contributed by atoms with Crippen molar-refractivity contribution in [2.45, 2.75) is 53.1 Å². The number of hydrogen-bond donors (Lipinski definition) is 2. The second-order valence-electron chi connectivity index (χ2n) is 8.28. The molecule has 3 nitrogen and oxygen atoms in total. The van der Waals surface area contributed by atoms with E-state index >= 15 is 0 Å². The summed E-state index contributed by atoms with van der Waals surface area (Å²) in [5.41, 5.74) is 1.12. The first-order chi connectivity index (χ1) is 12.0. The summed E-state index contributed by atoms with van der Waals surface area (Å²) >= 11 is 2.03. The smallest absolute Gasteiger partial charge is 0.0354 e. The zero-order chi connectivity index (χ0) is 20.2. The molecule has 0 heterocycles. The summed E-state index contributed by atoms with van der Waals surface area (Å²) < 4.78 is 0. The summed E-state index contributed by atoms with van der Waals surface area (Å²) in [4.78, 5) is 2.37. The third kappa shape index (κ3) is 15.0. The van der Waals surface area contributed by atoms with Gasteiger partial charge in [0.1, 0.15) is 0 Å². The average Bonchev–Trinajstić information content (AvgIpc) is 2.53. The van der Waals surface area contributed by atoms with Crippen molar-refractivity contribution in [3.63, 3.8) is 0 Å². The minimum absolute atomic E-state index is 0.406. The fraction of sp³-hybridized carbons (Fsp3) is 0.810. The van der Waals surface area contributed by atoms with E-state index in [1.165, 1.54) is 11.5 Å². The van der Waals surface area contributed by atoms with Crippen LogP contribution in [0.5, 0.6) is 0 Å². The van der Waals surface area contributed by atoms with E-state index < -0.39 is 9.21 Å². The van der Waals surface area contributed by atoms with Crippen molar-refractivity contribution in [3.8, 4) is 0 Å². The Balaban J connectivity index is 3.89. The molecule has 0 bridgehead atoms. The summed E-state index contributed by atoms with van der Waals surface area (Å²) in [6, 6.07) is 0.989. The van der Waals surface area contributed by atoms with Crippen LogP contribution in [0.15, 0.2) is 12.3 Å². The molecule has 0 fully saturated rings. The van der Waals surface area contributed by atoms with E-state index in [1.54, 1.807) is 0 Å². The Hall–Kier alpha value is -0.100. The standard InChI is InChI=1S/C21H45N3S2/c1-18(2)17-25-13-11-22-16-21(6)23-20(5)10-14-26(8,9)15-12-24(7)19(3)4/h18-19,21-23H,5,8-17H2,1-4,6-7H3. The van der Waals surface area contributed by atoms with Gasteiger partial charge in [0, 0.05) is 43.2 Å². The van der Waals surface area contributed by atoms with E-state index in [9.17, 15) is 0 Å². The van der Waals surface area contributed by atoms with E-state index in [1.807, 2.05) is 11.8 Å². The van der Waals surface area contributed by atoms with Gasteiger partial charge in [-0.25, -0.2) is 9.21 Å². The molecule has 0 aromatic carbocycles. The second kappa shape index (κ2) is 14.0. The lowest BCUT2D eigenvalue weighted by Crippen LogP contribution is -2.36. The molecule has 0 aliphatic carbocycles. The number of nitrogens with zero attached hydrogens (tertiary/aromatic N) is 1. The maximum Gasteiger partial charge on any atom is 0.0354 e. The second-order valence-corrected chi connectivity index (χ2v) is 12.7. The van der Waals surface area contributed by atoms with Crippen LogP contribution in [0.4, 0.5) is 0 Å². The van der Waals surface area contributed by atoms with E-state index in [4.69, 9.17) is 0 Å². The molecule has 5 heteroatoms. The van der Waals surface area contributed by atoms with Crippen LogP contribution in [0.3, 0.4) is 0 Å². The van der Waals surface area contributed by atoms with Crippen molar-refractivity contribution >= 4 is 32.7 Å². The molecule has 1 atom stereocenters. The topological polar surface area (TPSA) is 27.3 Å². The predicted molar refractivity (Wildman–Crippen MR) is 131 cm³/mol. The molecule has 0 aliphatic heterocycles. The van der Waals surface area contributed by atoms with Gasteiger partial charge in [0.2, 0.25) is 0 Å². The largest absolute Gasteiger partial charge is 0.385 e. The molecule has 0 saturated carbocycles. The summed E-state index contributed by atoms with van der Waals surface area (Å²) in [6.45, 7) is 18.6. The number of nitrogens with one attached hydrogen (secondary N) is 2. The van der Waals surface area contributed by atoms with E-state index in [2.05, 4.69) is 75.5 Å². The summed E-state index contributed by atoms with van der Waals surface area (Å²) in [6.07, 6.45) is 0.975. The first-order valence-corrected chi connectivity index (χ1v) is 13.4. The lowest BCUT2D eigenvalue weighted by atomic mass is 10.3. The van der Waals surface area contributed by atoms with Crippen LogP contribution in [0.1, 0.15) is 41.0 Å². The molecule has 0 amide bonds. The van der Waals surface area contributed by atoms with Crippen LogP contribution in [0.2, 0.25) is 0 Å². The highest BCUT2D eigenvalue weighted by atomic mass is 32.2. The number of rotatable bonds is 16. The van der Waals surface area contributed by atoms with Crippen molar-refractivity contribution in [3.05, 3.63) is 12.3 Å². The third-order valence-electron chi connectivity index (χ3n) is 4.37. The van der Waals surface area contributed by atoms with Crippen molar-refractivity contribution in [2.75, 3.05) is 49.7 Å². The molecule has 156 valence electrons. The fourth-order valence-electron chi connectivity index (χ4n) is 2.29. The van der Waals surface area contributed by atoms with Crippen LogP contribution in [-0.4, -0.2) is 78.4 Å². The van der Waals surface area contributed by atoms with Gasteiger partial charge >= 0.3 is 0 Å². The molecule has 0 spiro atoms. The van der Waals surface area contributed by atoms with Crippen molar-refractivity contribution in [2.24, 2.45) is 5.92 Å². The molecular formula is C21H45N3S2. The van der Waals surface area contributed by atoms with Crippen LogP contribution in [-0.2, 0) is 0 Å².